The monoisotopic (exact) mass is 285 g/mol. The van der Waals surface area contributed by atoms with Crippen LogP contribution in [0.2, 0.25) is 0 Å². The average Bonchev–Trinajstić information content (AvgIpc) is 2.49. The molecule has 1 aromatic heterocycles. The second-order valence-corrected chi connectivity index (χ2v) is 5.70. The van der Waals surface area contributed by atoms with Gasteiger partial charge in [0.1, 0.15) is 17.7 Å². The van der Waals surface area contributed by atoms with Gasteiger partial charge in [0.25, 0.3) is 0 Å². The van der Waals surface area contributed by atoms with Gasteiger partial charge in [0.2, 0.25) is 0 Å². The second-order valence-electron chi connectivity index (χ2n) is 4.56. The van der Waals surface area contributed by atoms with E-state index in [1.165, 1.54) is 12.3 Å². The Morgan fingerprint density at radius 1 is 1.35 bits per heavy atom. The van der Waals surface area contributed by atoms with E-state index in [1.54, 1.807) is 30.0 Å². The van der Waals surface area contributed by atoms with Gasteiger partial charge in [-0.3, -0.25) is 0 Å². The number of nitrogens with one attached hydrogen (secondary N) is 1. The summed E-state index contributed by atoms with van der Waals surface area (Å²) >= 11 is 1.75. The Hall–Kier alpha value is -2.06. The lowest BCUT2D eigenvalue weighted by atomic mass is 10.0. The second kappa shape index (κ2) is 5.51. The van der Waals surface area contributed by atoms with Crippen LogP contribution in [0.5, 0.6) is 0 Å². The fraction of sp³-hybridized carbons (Fsp3) is 0.200. The Balaban J connectivity index is 1.85. The molecule has 1 unspecified atom stereocenters. The van der Waals surface area contributed by atoms with Crippen molar-refractivity contribution in [1.29, 1.82) is 5.26 Å². The van der Waals surface area contributed by atoms with E-state index in [0.29, 0.717) is 11.4 Å². The third-order valence-corrected chi connectivity index (χ3v) is 4.35. The molecule has 3 rings (SSSR count). The van der Waals surface area contributed by atoms with Gasteiger partial charge in [-0.15, -0.1) is 11.8 Å². The van der Waals surface area contributed by atoms with Crippen LogP contribution in [-0.4, -0.2) is 10.7 Å². The topological polar surface area (TPSA) is 48.7 Å². The zero-order valence-corrected chi connectivity index (χ0v) is 11.5. The Morgan fingerprint density at radius 3 is 3.00 bits per heavy atom. The number of pyridine rings is 1. The summed E-state index contributed by atoms with van der Waals surface area (Å²) in [5.41, 5.74) is 1.51. The van der Waals surface area contributed by atoms with Gasteiger partial charge in [0.15, 0.2) is 0 Å². The molecule has 2 aromatic rings. The van der Waals surface area contributed by atoms with Crippen LogP contribution in [-0.2, 0) is 0 Å². The summed E-state index contributed by atoms with van der Waals surface area (Å²) in [6.45, 7) is 0. The summed E-state index contributed by atoms with van der Waals surface area (Å²) in [6.07, 6.45) is 2.45. The van der Waals surface area contributed by atoms with E-state index in [9.17, 15) is 4.39 Å². The van der Waals surface area contributed by atoms with Crippen molar-refractivity contribution in [1.82, 2.24) is 4.98 Å². The van der Waals surface area contributed by atoms with Crippen LogP contribution in [0.4, 0.5) is 10.2 Å². The number of nitrogens with zero attached hydrogens (tertiary/aromatic N) is 2. The minimum Gasteiger partial charge on any atom is -0.363 e. The number of benzene rings is 1. The lowest BCUT2D eigenvalue weighted by molar-refractivity contribution is 0.615. The van der Waals surface area contributed by atoms with E-state index in [2.05, 4.69) is 10.3 Å². The standard InChI is InChI=1S/C15H12FN3S/c16-11-2-3-14-12(7-11)13(5-6-20-14)19-15-4-1-10(8-17)9-18-15/h1-4,7,9,13H,5-6H2,(H,18,19). The molecule has 0 saturated heterocycles. The van der Waals surface area contributed by atoms with Crippen LogP contribution < -0.4 is 5.32 Å². The summed E-state index contributed by atoms with van der Waals surface area (Å²) < 4.78 is 13.4. The lowest BCUT2D eigenvalue weighted by Crippen LogP contribution is -2.17. The van der Waals surface area contributed by atoms with Crippen LogP contribution in [0.3, 0.4) is 0 Å². The molecule has 0 amide bonds. The molecule has 1 N–H and O–H groups in total. The van der Waals surface area contributed by atoms with Crippen molar-refractivity contribution >= 4 is 17.6 Å². The number of hydrogen-bond acceptors (Lipinski definition) is 4. The van der Waals surface area contributed by atoms with E-state index in [0.717, 1.165) is 22.6 Å². The van der Waals surface area contributed by atoms with Gasteiger partial charge < -0.3 is 5.32 Å². The molecule has 1 aromatic carbocycles. The van der Waals surface area contributed by atoms with Crippen LogP contribution >= 0.6 is 11.8 Å². The van der Waals surface area contributed by atoms with Crippen molar-refractivity contribution in [3.8, 4) is 6.07 Å². The largest absolute Gasteiger partial charge is 0.363 e. The minimum absolute atomic E-state index is 0.0578. The van der Waals surface area contributed by atoms with Crippen LogP contribution in [0.1, 0.15) is 23.6 Å². The fourth-order valence-corrected chi connectivity index (χ4v) is 3.34. The Bertz CT molecular complexity index is 664. The quantitative estimate of drug-likeness (QED) is 0.913. The molecule has 0 saturated carbocycles. The third kappa shape index (κ3) is 2.61. The van der Waals surface area contributed by atoms with E-state index in [4.69, 9.17) is 5.26 Å². The highest BCUT2D eigenvalue weighted by Gasteiger charge is 2.21. The van der Waals surface area contributed by atoms with Crippen molar-refractivity contribution in [2.75, 3.05) is 11.1 Å². The van der Waals surface area contributed by atoms with Gasteiger partial charge >= 0.3 is 0 Å². The molecule has 1 atom stereocenters. The third-order valence-electron chi connectivity index (χ3n) is 3.23. The summed E-state index contributed by atoms with van der Waals surface area (Å²) in [5, 5.41) is 12.1. The van der Waals surface area contributed by atoms with Gasteiger partial charge in [-0.2, -0.15) is 5.26 Å². The first kappa shape index (κ1) is 12.9. The first-order valence-corrected chi connectivity index (χ1v) is 7.30. The molecule has 0 bridgehead atoms. The summed E-state index contributed by atoms with van der Waals surface area (Å²) in [4.78, 5) is 5.32. The molecule has 3 nitrogen and oxygen atoms in total. The molecule has 0 radical (unpaired) electrons. The molecule has 0 aliphatic carbocycles. The van der Waals surface area contributed by atoms with E-state index in [-0.39, 0.29) is 11.9 Å². The molecule has 100 valence electrons. The number of hydrogen-bond donors (Lipinski definition) is 1. The molecule has 0 fully saturated rings. The van der Waals surface area contributed by atoms with Gasteiger partial charge in [-0.1, -0.05) is 0 Å². The van der Waals surface area contributed by atoms with Gasteiger partial charge in [-0.05, 0) is 42.3 Å². The number of fused-ring (bicyclic) bond motifs is 1. The van der Waals surface area contributed by atoms with E-state index in [1.807, 2.05) is 12.1 Å². The van der Waals surface area contributed by atoms with Crippen LogP contribution in [0.25, 0.3) is 0 Å². The zero-order chi connectivity index (χ0) is 13.9. The van der Waals surface area contributed by atoms with Crippen molar-refractivity contribution in [2.45, 2.75) is 17.4 Å². The molecule has 1 aliphatic rings. The maximum absolute atomic E-state index is 13.4. The Kier molecular flexibility index (Phi) is 3.57. The first-order valence-electron chi connectivity index (χ1n) is 6.31. The van der Waals surface area contributed by atoms with Crippen LogP contribution in [0.15, 0.2) is 41.4 Å². The average molecular weight is 285 g/mol. The van der Waals surface area contributed by atoms with Crippen molar-refractivity contribution in [3.05, 3.63) is 53.5 Å². The van der Waals surface area contributed by atoms with Crippen molar-refractivity contribution < 1.29 is 4.39 Å². The highest BCUT2D eigenvalue weighted by molar-refractivity contribution is 7.99. The number of nitriles is 1. The van der Waals surface area contributed by atoms with Gasteiger partial charge in [0.05, 0.1) is 11.6 Å². The Morgan fingerprint density at radius 2 is 2.25 bits per heavy atom. The predicted molar refractivity (Wildman–Crippen MR) is 77.1 cm³/mol. The lowest BCUT2D eigenvalue weighted by Gasteiger charge is -2.26. The predicted octanol–water partition coefficient (Wildman–Crippen LogP) is 3.74. The number of anilines is 1. The maximum atomic E-state index is 13.4. The Labute approximate surface area is 120 Å². The van der Waals surface area contributed by atoms with E-state index < -0.39 is 0 Å². The number of halogens is 1. The van der Waals surface area contributed by atoms with Crippen molar-refractivity contribution in [3.63, 3.8) is 0 Å². The maximum Gasteiger partial charge on any atom is 0.126 e. The number of aromatic nitrogens is 1. The fourth-order valence-electron chi connectivity index (χ4n) is 2.24. The van der Waals surface area contributed by atoms with Gasteiger partial charge in [0, 0.05) is 16.8 Å². The molecular formula is C15H12FN3S. The smallest absolute Gasteiger partial charge is 0.126 e. The van der Waals surface area contributed by atoms with Crippen LogP contribution in [0, 0.1) is 17.1 Å². The number of rotatable bonds is 2. The highest BCUT2D eigenvalue weighted by Crippen LogP contribution is 2.37. The zero-order valence-electron chi connectivity index (χ0n) is 10.6. The van der Waals surface area contributed by atoms with E-state index >= 15 is 0 Å². The molecule has 2 heterocycles. The summed E-state index contributed by atoms with van der Waals surface area (Å²) in [7, 11) is 0. The molecular weight excluding hydrogens is 273 g/mol. The highest BCUT2D eigenvalue weighted by atomic mass is 32.2. The van der Waals surface area contributed by atoms with Crippen molar-refractivity contribution in [2.24, 2.45) is 0 Å². The van der Waals surface area contributed by atoms with Gasteiger partial charge in [-0.25, -0.2) is 9.37 Å². The SMILES string of the molecule is N#Cc1ccc(NC2CCSc3ccc(F)cc32)nc1. The molecule has 20 heavy (non-hydrogen) atoms. The molecule has 1 aliphatic heterocycles. The molecule has 0 spiro atoms. The number of thioether (sulfide) groups is 1. The summed E-state index contributed by atoms with van der Waals surface area (Å²) in [6, 6.07) is 10.5. The minimum atomic E-state index is -0.217. The normalized spacial score (nSPS) is 17.1. The first-order chi connectivity index (χ1) is 9.76. The summed E-state index contributed by atoms with van der Waals surface area (Å²) in [5.74, 6) is 1.48. The molecule has 5 heteroatoms.